The van der Waals surface area contributed by atoms with Crippen molar-refractivity contribution < 1.29 is 17.8 Å². The van der Waals surface area contributed by atoms with E-state index in [0.717, 1.165) is 6.07 Å². The number of carbonyl (C=O) groups is 1. The number of carbonyl (C=O) groups excluding carboxylic acids is 1. The van der Waals surface area contributed by atoms with Crippen LogP contribution in [0.15, 0.2) is 53.4 Å². The van der Waals surface area contributed by atoms with Gasteiger partial charge < -0.3 is 0 Å². The minimum atomic E-state index is -1.62. The van der Waals surface area contributed by atoms with Crippen LogP contribution in [0.2, 0.25) is 0 Å². The summed E-state index contributed by atoms with van der Waals surface area (Å²) in [6.45, 7) is 0. The first-order valence-electron chi connectivity index (χ1n) is 5.95. The van der Waals surface area contributed by atoms with Crippen molar-refractivity contribution in [2.75, 3.05) is 5.75 Å². The molecule has 1 unspecified atom stereocenters. The van der Waals surface area contributed by atoms with Crippen molar-refractivity contribution in [1.29, 1.82) is 0 Å². The lowest BCUT2D eigenvalue weighted by Gasteiger charge is -2.04. The first-order valence-corrected chi connectivity index (χ1v) is 7.27. The highest BCUT2D eigenvalue weighted by atomic mass is 32.2. The van der Waals surface area contributed by atoms with Crippen LogP contribution in [0.1, 0.15) is 5.56 Å². The van der Waals surface area contributed by atoms with Gasteiger partial charge in [0, 0.05) is 11.3 Å². The molecule has 2 aromatic rings. The van der Waals surface area contributed by atoms with Gasteiger partial charge in [-0.05, 0) is 29.8 Å². The highest BCUT2D eigenvalue weighted by Gasteiger charge is 2.13. The lowest BCUT2D eigenvalue weighted by Crippen LogP contribution is -2.14. The summed E-state index contributed by atoms with van der Waals surface area (Å²) in [6.07, 6.45) is -0.117. The Kier molecular flexibility index (Phi) is 4.74. The highest BCUT2D eigenvalue weighted by Crippen LogP contribution is 2.11. The smallest absolute Gasteiger partial charge is 0.150 e. The average Bonchev–Trinajstić information content (AvgIpc) is 2.41. The first-order chi connectivity index (χ1) is 9.56. The van der Waals surface area contributed by atoms with Gasteiger partial charge in [0.1, 0.15) is 17.4 Å². The molecule has 0 spiro atoms. The SMILES string of the molecule is O=C(Cc1ccccc1F)CS(=O)c1cccc(F)c1. The molecule has 0 saturated carbocycles. The summed E-state index contributed by atoms with van der Waals surface area (Å²) in [5.74, 6) is -1.56. The predicted molar refractivity (Wildman–Crippen MR) is 72.8 cm³/mol. The number of hydrogen-bond acceptors (Lipinski definition) is 2. The van der Waals surface area contributed by atoms with Gasteiger partial charge in [0.25, 0.3) is 0 Å². The number of ketones is 1. The van der Waals surface area contributed by atoms with Gasteiger partial charge in [-0.25, -0.2) is 8.78 Å². The Bertz CT molecular complexity index is 656. The summed E-state index contributed by atoms with van der Waals surface area (Å²) < 4.78 is 38.3. The molecular formula is C15H12F2O2S. The molecule has 0 saturated heterocycles. The van der Waals surface area contributed by atoms with Gasteiger partial charge in [-0.2, -0.15) is 0 Å². The molecule has 0 aliphatic heterocycles. The van der Waals surface area contributed by atoms with Crippen LogP contribution in [0.25, 0.3) is 0 Å². The van der Waals surface area contributed by atoms with E-state index in [1.54, 1.807) is 6.07 Å². The Hall–Kier alpha value is -1.88. The molecule has 0 aliphatic rings. The maximum atomic E-state index is 13.4. The second-order valence-electron chi connectivity index (χ2n) is 4.25. The Morgan fingerprint density at radius 1 is 1.05 bits per heavy atom. The Morgan fingerprint density at radius 3 is 2.50 bits per heavy atom. The maximum Gasteiger partial charge on any atom is 0.150 e. The van der Waals surface area contributed by atoms with Crippen LogP contribution in [-0.4, -0.2) is 15.7 Å². The molecule has 0 aliphatic carbocycles. The normalized spacial score (nSPS) is 12.1. The molecule has 104 valence electrons. The van der Waals surface area contributed by atoms with Crippen molar-refractivity contribution in [3.8, 4) is 0 Å². The number of benzene rings is 2. The molecule has 0 bridgehead atoms. The number of Topliss-reactive ketones (excluding diaryl/α,β-unsaturated/α-hetero) is 1. The zero-order chi connectivity index (χ0) is 14.5. The number of halogens is 2. The Balaban J connectivity index is 2.02. The third-order valence-corrected chi connectivity index (χ3v) is 4.06. The van der Waals surface area contributed by atoms with Gasteiger partial charge in [-0.1, -0.05) is 24.3 Å². The van der Waals surface area contributed by atoms with E-state index in [1.807, 2.05) is 0 Å². The summed E-state index contributed by atoms with van der Waals surface area (Å²) in [5, 5.41) is 0. The standard InChI is InChI=1S/C15H12F2O2S/c16-12-5-3-6-14(9-12)20(19)10-13(18)8-11-4-1-2-7-15(11)17/h1-7,9H,8,10H2. The minimum Gasteiger partial charge on any atom is -0.298 e. The summed E-state index contributed by atoms with van der Waals surface area (Å²) in [5.41, 5.74) is 0.272. The zero-order valence-electron chi connectivity index (χ0n) is 10.5. The molecule has 0 aromatic heterocycles. The molecule has 0 N–H and O–H groups in total. The summed E-state index contributed by atoms with van der Waals surface area (Å²) in [7, 11) is -1.62. The van der Waals surface area contributed by atoms with Gasteiger partial charge in [0.05, 0.1) is 16.6 Å². The Morgan fingerprint density at radius 2 is 1.80 bits per heavy atom. The molecular weight excluding hydrogens is 282 g/mol. The second kappa shape index (κ2) is 6.52. The lowest BCUT2D eigenvalue weighted by molar-refractivity contribution is -0.116. The Labute approximate surface area is 117 Å². The zero-order valence-corrected chi connectivity index (χ0v) is 11.3. The first kappa shape index (κ1) is 14.5. The van der Waals surface area contributed by atoms with Gasteiger partial charge in [0.2, 0.25) is 0 Å². The molecule has 2 aromatic carbocycles. The van der Waals surface area contributed by atoms with Gasteiger partial charge >= 0.3 is 0 Å². The monoisotopic (exact) mass is 294 g/mol. The second-order valence-corrected chi connectivity index (χ2v) is 5.71. The van der Waals surface area contributed by atoms with Crippen LogP contribution in [0.4, 0.5) is 8.78 Å². The molecule has 0 fully saturated rings. The summed E-state index contributed by atoms with van der Waals surface area (Å²) >= 11 is 0. The van der Waals surface area contributed by atoms with Crippen LogP contribution in [0.5, 0.6) is 0 Å². The fourth-order valence-corrected chi connectivity index (χ4v) is 2.78. The van der Waals surface area contributed by atoms with E-state index in [0.29, 0.717) is 0 Å². The third-order valence-electron chi connectivity index (χ3n) is 2.70. The van der Waals surface area contributed by atoms with Crippen molar-refractivity contribution in [2.24, 2.45) is 0 Å². The minimum absolute atomic E-state index is 0.117. The van der Waals surface area contributed by atoms with Gasteiger partial charge in [-0.15, -0.1) is 0 Å². The quantitative estimate of drug-likeness (QED) is 0.849. The van der Waals surface area contributed by atoms with Crippen LogP contribution in [0, 0.1) is 11.6 Å². The van der Waals surface area contributed by atoms with E-state index in [-0.39, 0.29) is 28.4 Å². The summed E-state index contributed by atoms with van der Waals surface area (Å²) in [6, 6.07) is 11.3. The van der Waals surface area contributed by atoms with E-state index in [2.05, 4.69) is 0 Å². The maximum absolute atomic E-state index is 13.4. The molecule has 1 atom stereocenters. The third kappa shape index (κ3) is 3.81. The molecule has 2 nitrogen and oxygen atoms in total. The van der Waals surface area contributed by atoms with E-state index >= 15 is 0 Å². The van der Waals surface area contributed by atoms with E-state index in [9.17, 15) is 17.8 Å². The van der Waals surface area contributed by atoms with Crippen LogP contribution < -0.4 is 0 Å². The molecule has 0 radical (unpaired) electrons. The number of rotatable bonds is 5. The lowest BCUT2D eigenvalue weighted by atomic mass is 10.1. The van der Waals surface area contributed by atoms with Gasteiger partial charge in [-0.3, -0.25) is 9.00 Å². The van der Waals surface area contributed by atoms with Crippen molar-refractivity contribution in [3.63, 3.8) is 0 Å². The molecule has 5 heteroatoms. The van der Waals surface area contributed by atoms with Crippen LogP contribution in [-0.2, 0) is 22.0 Å². The van der Waals surface area contributed by atoms with Crippen LogP contribution in [0.3, 0.4) is 0 Å². The molecule has 0 amide bonds. The van der Waals surface area contributed by atoms with Crippen molar-refractivity contribution in [1.82, 2.24) is 0 Å². The fraction of sp³-hybridized carbons (Fsp3) is 0.133. The topological polar surface area (TPSA) is 34.1 Å². The summed E-state index contributed by atoms with van der Waals surface area (Å²) in [4.78, 5) is 12.0. The van der Waals surface area contributed by atoms with Gasteiger partial charge in [0.15, 0.2) is 0 Å². The highest BCUT2D eigenvalue weighted by molar-refractivity contribution is 7.85. The molecule has 2 rings (SSSR count). The predicted octanol–water partition coefficient (Wildman–Crippen LogP) is 2.88. The van der Waals surface area contributed by atoms with Crippen molar-refractivity contribution in [2.45, 2.75) is 11.3 Å². The number of hydrogen-bond donors (Lipinski definition) is 0. The van der Waals surface area contributed by atoms with Crippen molar-refractivity contribution >= 4 is 16.6 Å². The van der Waals surface area contributed by atoms with Crippen molar-refractivity contribution in [3.05, 3.63) is 65.7 Å². The van der Waals surface area contributed by atoms with E-state index in [1.165, 1.54) is 36.4 Å². The largest absolute Gasteiger partial charge is 0.298 e. The van der Waals surface area contributed by atoms with E-state index in [4.69, 9.17) is 0 Å². The fourth-order valence-electron chi connectivity index (χ4n) is 1.74. The average molecular weight is 294 g/mol. The molecule has 20 heavy (non-hydrogen) atoms. The molecule has 0 heterocycles. The van der Waals surface area contributed by atoms with E-state index < -0.39 is 22.4 Å². The van der Waals surface area contributed by atoms with Crippen LogP contribution >= 0.6 is 0 Å².